The SMILES string of the molecule is Cc1ccc(/C(N)=C\c2ccccn2)cc1. The van der Waals surface area contributed by atoms with Crippen molar-refractivity contribution in [3.63, 3.8) is 0 Å². The number of aromatic nitrogens is 1. The minimum Gasteiger partial charge on any atom is -0.398 e. The first-order chi connectivity index (χ1) is 7.75. The van der Waals surface area contributed by atoms with Crippen molar-refractivity contribution in [2.75, 3.05) is 0 Å². The lowest BCUT2D eigenvalue weighted by Crippen LogP contribution is -1.96. The second-order valence-electron chi connectivity index (χ2n) is 3.72. The zero-order valence-corrected chi connectivity index (χ0v) is 9.22. The van der Waals surface area contributed by atoms with Crippen molar-refractivity contribution in [1.82, 2.24) is 4.98 Å². The first-order valence-corrected chi connectivity index (χ1v) is 5.21. The number of nitrogens with two attached hydrogens (primary N) is 1. The van der Waals surface area contributed by atoms with Crippen molar-refractivity contribution in [1.29, 1.82) is 0 Å². The van der Waals surface area contributed by atoms with Crippen LogP contribution in [0.4, 0.5) is 0 Å². The zero-order valence-electron chi connectivity index (χ0n) is 9.22. The highest BCUT2D eigenvalue weighted by molar-refractivity contribution is 5.78. The number of aryl methyl sites for hydroxylation is 1. The van der Waals surface area contributed by atoms with Crippen LogP contribution in [0.25, 0.3) is 11.8 Å². The maximum Gasteiger partial charge on any atom is 0.0650 e. The summed E-state index contributed by atoms with van der Waals surface area (Å²) >= 11 is 0. The molecule has 0 aliphatic heterocycles. The Hall–Kier alpha value is -2.09. The van der Waals surface area contributed by atoms with Crippen LogP contribution in [0.5, 0.6) is 0 Å². The molecule has 0 atom stereocenters. The van der Waals surface area contributed by atoms with Gasteiger partial charge in [-0.3, -0.25) is 4.98 Å². The Morgan fingerprint density at radius 3 is 2.50 bits per heavy atom. The fourth-order valence-corrected chi connectivity index (χ4v) is 1.45. The van der Waals surface area contributed by atoms with Gasteiger partial charge in [-0.1, -0.05) is 35.9 Å². The van der Waals surface area contributed by atoms with E-state index < -0.39 is 0 Å². The third-order valence-corrected chi connectivity index (χ3v) is 2.38. The first-order valence-electron chi connectivity index (χ1n) is 5.21. The molecule has 2 aromatic rings. The van der Waals surface area contributed by atoms with Crippen LogP contribution >= 0.6 is 0 Å². The lowest BCUT2D eigenvalue weighted by Gasteiger charge is -2.02. The molecule has 0 saturated carbocycles. The van der Waals surface area contributed by atoms with Gasteiger partial charge in [-0.05, 0) is 30.7 Å². The van der Waals surface area contributed by atoms with E-state index in [1.165, 1.54) is 5.56 Å². The van der Waals surface area contributed by atoms with E-state index >= 15 is 0 Å². The molecule has 0 aliphatic rings. The number of rotatable bonds is 2. The highest BCUT2D eigenvalue weighted by Crippen LogP contribution is 2.12. The molecular weight excluding hydrogens is 196 g/mol. The van der Waals surface area contributed by atoms with Crippen molar-refractivity contribution in [2.24, 2.45) is 5.73 Å². The smallest absolute Gasteiger partial charge is 0.0650 e. The van der Waals surface area contributed by atoms with Gasteiger partial charge in [0.15, 0.2) is 0 Å². The fourth-order valence-electron chi connectivity index (χ4n) is 1.45. The van der Waals surface area contributed by atoms with Gasteiger partial charge in [0.25, 0.3) is 0 Å². The molecule has 0 spiro atoms. The second-order valence-corrected chi connectivity index (χ2v) is 3.72. The molecule has 2 nitrogen and oxygen atoms in total. The average Bonchev–Trinajstić information content (AvgIpc) is 2.31. The molecule has 0 radical (unpaired) electrons. The molecule has 1 heterocycles. The van der Waals surface area contributed by atoms with E-state index in [-0.39, 0.29) is 0 Å². The molecule has 16 heavy (non-hydrogen) atoms. The molecule has 0 fully saturated rings. The van der Waals surface area contributed by atoms with Crippen LogP contribution in [0, 0.1) is 6.92 Å². The zero-order chi connectivity index (χ0) is 11.4. The summed E-state index contributed by atoms with van der Waals surface area (Å²) in [6, 6.07) is 13.9. The van der Waals surface area contributed by atoms with Gasteiger partial charge in [0, 0.05) is 11.9 Å². The van der Waals surface area contributed by atoms with Crippen molar-refractivity contribution in [3.05, 3.63) is 65.5 Å². The molecule has 0 bridgehead atoms. The van der Waals surface area contributed by atoms with E-state index in [1.54, 1.807) is 6.20 Å². The molecule has 2 rings (SSSR count). The average molecular weight is 210 g/mol. The van der Waals surface area contributed by atoms with Crippen molar-refractivity contribution in [3.8, 4) is 0 Å². The summed E-state index contributed by atoms with van der Waals surface area (Å²) in [7, 11) is 0. The van der Waals surface area contributed by atoms with Crippen molar-refractivity contribution in [2.45, 2.75) is 6.92 Å². The lowest BCUT2D eigenvalue weighted by atomic mass is 10.1. The Labute approximate surface area is 95.5 Å². The van der Waals surface area contributed by atoms with Crippen LogP contribution in [0.3, 0.4) is 0 Å². The van der Waals surface area contributed by atoms with Gasteiger partial charge in [-0.15, -0.1) is 0 Å². The first kappa shape index (κ1) is 10.4. The normalized spacial score (nSPS) is 11.4. The minimum atomic E-state index is 0.735. The number of pyridine rings is 1. The predicted molar refractivity (Wildman–Crippen MR) is 67.5 cm³/mol. The molecule has 0 aliphatic carbocycles. The number of nitrogens with zero attached hydrogens (tertiary/aromatic N) is 1. The fraction of sp³-hybridized carbons (Fsp3) is 0.0714. The summed E-state index contributed by atoms with van der Waals surface area (Å²) in [5.74, 6) is 0. The minimum absolute atomic E-state index is 0.735. The van der Waals surface area contributed by atoms with Crippen molar-refractivity contribution < 1.29 is 0 Å². The molecule has 2 heteroatoms. The third-order valence-electron chi connectivity index (χ3n) is 2.38. The van der Waals surface area contributed by atoms with E-state index in [0.717, 1.165) is 17.0 Å². The van der Waals surface area contributed by atoms with Gasteiger partial charge in [-0.25, -0.2) is 0 Å². The molecule has 0 amide bonds. The van der Waals surface area contributed by atoms with E-state index in [1.807, 2.05) is 36.4 Å². The molecule has 0 unspecified atom stereocenters. The van der Waals surface area contributed by atoms with Gasteiger partial charge < -0.3 is 5.73 Å². The molecule has 2 N–H and O–H groups in total. The van der Waals surface area contributed by atoms with E-state index in [9.17, 15) is 0 Å². The monoisotopic (exact) mass is 210 g/mol. The van der Waals surface area contributed by atoms with Crippen LogP contribution in [0.1, 0.15) is 16.8 Å². The maximum absolute atomic E-state index is 6.00. The van der Waals surface area contributed by atoms with Crippen LogP contribution in [-0.4, -0.2) is 4.98 Å². The summed E-state index contributed by atoms with van der Waals surface area (Å²) < 4.78 is 0. The standard InChI is InChI=1S/C14H14N2/c1-11-5-7-12(8-6-11)14(15)10-13-4-2-3-9-16-13/h2-10H,15H2,1H3/b14-10+. The summed E-state index contributed by atoms with van der Waals surface area (Å²) in [6.45, 7) is 2.06. The molecule has 1 aromatic carbocycles. The Bertz CT molecular complexity index is 484. The largest absolute Gasteiger partial charge is 0.398 e. The molecule has 80 valence electrons. The summed E-state index contributed by atoms with van der Waals surface area (Å²) in [5, 5.41) is 0. The summed E-state index contributed by atoms with van der Waals surface area (Å²) in [6.07, 6.45) is 3.64. The lowest BCUT2D eigenvalue weighted by molar-refractivity contribution is 1.29. The van der Waals surface area contributed by atoms with Crippen LogP contribution in [0.15, 0.2) is 48.7 Å². The van der Waals surface area contributed by atoms with Crippen LogP contribution < -0.4 is 5.73 Å². The number of hydrogen-bond donors (Lipinski definition) is 1. The van der Waals surface area contributed by atoms with E-state index in [2.05, 4.69) is 24.0 Å². The second kappa shape index (κ2) is 4.62. The summed E-state index contributed by atoms with van der Waals surface area (Å²) in [5.41, 5.74) is 9.86. The Morgan fingerprint density at radius 1 is 1.12 bits per heavy atom. The molecular formula is C14H14N2. The third kappa shape index (κ3) is 2.48. The Kier molecular flexibility index (Phi) is 3.01. The molecule has 0 saturated heterocycles. The predicted octanol–water partition coefficient (Wildman–Crippen LogP) is 2.85. The van der Waals surface area contributed by atoms with Gasteiger partial charge in [0.05, 0.1) is 5.69 Å². The van der Waals surface area contributed by atoms with Gasteiger partial charge in [0.2, 0.25) is 0 Å². The van der Waals surface area contributed by atoms with Gasteiger partial charge in [0.1, 0.15) is 0 Å². The van der Waals surface area contributed by atoms with Crippen LogP contribution in [0.2, 0.25) is 0 Å². The number of hydrogen-bond acceptors (Lipinski definition) is 2. The number of benzene rings is 1. The van der Waals surface area contributed by atoms with Crippen LogP contribution in [-0.2, 0) is 0 Å². The highest BCUT2D eigenvalue weighted by atomic mass is 14.7. The maximum atomic E-state index is 6.00. The topological polar surface area (TPSA) is 38.9 Å². The van der Waals surface area contributed by atoms with Gasteiger partial charge in [-0.2, -0.15) is 0 Å². The van der Waals surface area contributed by atoms with E-state index in [0.29, 0.717) is 0 Å². The molecule has 1 aromatic heterocycles. The van der Waals surface area contributed by atoms with Crippen molar-refractivity contribution >= 4 is 11.8 Å². The quantitative estimate of drug-likeness (QED) is 0.827. The van der Waals surface area contributed by atoms with Gasteiger partial charge >= 0.3 is 0 Å². The Morgan fingerprint density at radius 2 is 1.88 bits per heavy atom. The van der Waals surface area contributed by atoms with E-state index in [4.69, 9.17) is 5.73 Å². The Balaban J connectivity index is 2.28. The highest BCUT2D eigenvalue weighted by Gasteiger charge is 1.96. The summed E-state index contributed by atoms with van der Waals surface area (Å²) in [4.78, 5) is 4.21.